The summed E-state index contributed by atoms with van der Waals surface area (Å²) in [6.45, 7) is 3.58. The zero-order valence-corrected chi connectivity index (χ0v) is 15.0. The molecule has 1 atom stereocenters. The van der Waals surface area contributed by atoms with Crippen LogP contribution >= 0.6 is 11.6 Å². The second kappa shape index (κ2) is 8.44. The summed E-state index contributed by atoms with van der Waals surface area (Å²) in [7, 11) is 0. The van der Waals surface area contributed by atoms with Gasteiger partial charge in [-0.25, -0.2) is 0 Å². The van der Waals surface area contributed by atoms with Crippen LogP contribution in [0, 0.1) is 16.0 Å². The van der Waals surface area contributed by atoms with E-state index >= 15 is 0 Å². The molecular weight excluding hydrogens is 358 g/mol. The van der Waals surface area contributed by atoms with Gasteiger partial charge in [-0.05, 0) is 30.2 Å². The number of hydrogen-bond donors (Lipinski definition) is 2. The maximum atomic E-state index is 12.5. The van der Waals surface area contributed by atoms with E-state index in [9.17, 15) is 19.7 Å². The average Bonchev–Trinajstić information content (AvgIpc) is 2.60. The monoisotopic (exact) mass is 375 g/mol. The SMILES string of the molecule is CC(C)C(NC(=O)c1ccc(Cl)c([N+](=O)[O-])c1)C(=O)Nc1ccccc1. The maximum Gasteiger partial charge on any atom is 0.288 e. The highest BCUT2D eigenvalue weighted by Gasteiger charge is 2.26. The zero-order valence-electron chi connectivity index (χ0n) is 14.2. The lowest BCUT2D eigenvalue weighted by molar-refractivity contribution is -0.384. The molecule has 0 saturated carbocycles. The lowest BCUT2D eigenvalue weighted by Crippen LogP contribution is -2.47. The number of nitro groups is 1. The minimum atomic E-state index is -0.808. The fourth-order valence-corrected chi connectivity index (χ4v) is 2.48. The molecule has 0 aliphatic heterocycles. The number of nitro benzene ring substituents is 1. The van der Waals surface area contributed by atoms with Gasteiger partial charge in [0.15, 0.2) is 0 Å². The Labute approximate surface area is 155 Å². The van der Waals surface area contributed by atoms with Crippen molar-refractivity contribution in [2.75, 3.05) is 5.32 Å². The predicted octanol–water partition coefficient (Wildman–Crippen LogP) is 3.64. The summed E-state index contributed by atoms with van der Waals surface area (Å²) in [6.07, 6.45) is 0. The van der Waals surface area contributed by atoms with E-state index in [0.717, 1.165) is 6.07 Å². The van der Waals surface area contributed by atoms with Gasteiger partial charge in [0.1, 0.15) is 11.1 Å². The van der Waals surface area contributed by atoms with Gasteiger partial charge in [-0.3, -0.25) is 19.7 Å². The lowest BCUT2D eigenvalue weighted by atomic mass is 10.0. The maximum absolute atomic E-state index is 12.5. The number of nitrogens with zero attached hydrogens (tertiary/aromatic N) is 1. The second-order valence-electron chi connectivity index (χ2n) is 5.97. The van der Waals surface area contributed by atoms with E-state index < -0.39 is 16.9 Å². The smallest absolute Gasteiger partial charge is 0.288 e. The van der Waals surface area contributed by atoms with Crippen molar-refractivity contribution in [3.63, 3.8) is 0 Å². The first kappa shape index (κ1) is 19.4. The fourth-order valence-electron chi connectivity index (χ4n) is 2.29. The number of rotatable bonds is 6. The van der Waals surface area contributed by atoms with Crippen molar-refractivity contribution in [1.29, 1.82) is 0 Å². The first-order valence-corrected chi connectivity index (χ1v) is 8.28. The van der Waals surface area contributed by atoms with Crippen molar-refractivity contribution in [3.8, 4) is 0 Å². The summed E-state index contributed by atoms with van der Waals surface area (Å²) in [5.74, 6) is -1.15. The molecule has 1 unspecified atom stereocenters. The number of halogens is 1. The Kier molecular flexibility index (Phi) is 6.30. The lowest BCUT2D eigenvalue weighted by Gasteiger charge is -2.21. The molecule has 2 amide bonds. The number of para-hydroxylation sites is 1. The summed E-state index contributed by atoms with van der Waals surface area (Å²) in [5, 5.41) is 16.3. The summed E-state index contributed by atoms with van der Waals surface area (Å²) >= 11 is 5.76. The van der Waals surface area contributed by atoms with Gasteiger partial charge in [-0.1, -0.05) is 43.6 Å². The highest BCUT2D eigenvalue weighted by molar-refractivity contribution is 6.32. The summed E-state index contributed by atoms with van der Waals surface area (Å²) < 4.78 is 0. The van der Waals surface area contributed by atoms with Crippen LogP contribution in [0.15, 0.2) is 48.5 Å². The first-order chi connectivity index (χ1) is 12.3. The van der Waals surface area contributed by atoms with Crippen LogP contribution in [0.1, 0.15) is 24.2 Å². The van der Waals surface area contributed by atoms with Crippen LogP contribution in [0.5, 0.6) is 0 Å². The standard InChI is InChI=1S/C18H18ClN3O4/c1-11(2)16(18(24)20-13-6-4-3-5-7-13)21-17(23)12-8-9-14(19)15(10-12)22(25)26/h3-11,16H,1-2H3,(H,20,24)(H,21,23). The Morgan fingerprint density at radius 3 is 2.35 bits per heavy atom. The molecule has 2 N–H and O–H groups in total. The van der Waals surface area contributed by atoms with Gasteiger partial charge in [0.25, 0.3) is 11.6 Å². The number of carbonyl (C=O) groups is 2. The quantitative estimate of drug-likeness (QED) is 0.594. The molecule has 7 nitrogen and oxygen atoms in total. The van der Waals surface area contributed by atoms with E-state index in [1.54, 1.807) is 38.1 Å². The second-order valence-corrected chi connectivity index (χ2v) is 6.38. The third-order valence-electron chi connectivity index (χ3n) is 3.68. The molecular formula is C18H18ClN3O4. The summed E-state index contributed by atoms with van der Waals surface area (Å²) in [6, 6.07) is 11.8. The van der Waals surface area contributed by atoms with Crippen LogP contribution in [0.3, 0.4) is 0 Å². The molecule has 0 radical (unpaired) electrons. The van der Waals surface area contributed by atoms with E-state index in [4.69, 9.17) is 11.6 Å². The molecule has 8 heteroatoms. The largest absolute Gasteiger partial charge is 0.340 e. The molecule has 2 aromatic rings. The molecule has 0 bridgehead atoms. The number of anilines is 1. The molecule has 2 rings (SSSR count). The molecule has 0 fully saturated rings. The Balaban J connectivity index is 2.16. The van der Waals surface area contributed by atoms with Crippen LogP contribution in [0.25, 0.3) is 0 Å². The van der Waals surface area contributed by atoms with Gasteiger partial charge >= 0.3 is 0 Å². The summed E-state index contributed by atoms with van der Waals surface area (Å²) in [5.41, 5.74) is 0.299. The number of carbonyl (C=O) groups excluding carboxylic acids is 2. The fraction of sp³-hybridized carbons (Fsp3) is 0.222. The van der Waals surface area contributed by atoms with Crippen LogP contribution in [0.4, 0.5) is 11.4 Å². The molecule has 0 spiro atoms. The predicted molar refractivity (Wildman–Crippen MR) is 99.3 cm³/mol. The van der Waals surface area contributed by atoms with E-state index in [2.05, 4.69) is 10.6 Å². The van der Waals surface area contributed by atoms with Crippen molar-refractivity contribution in [2.45, 2.75) is 19.9 Å². The van der Waals surface area contributed by atoms with Gasteiger partial charge in [0.05, 0.1) is 4.92 Å². The van der Waals surface area contributed by atoms with Crippen LogP contribution in [-0.4, -0.2) is 22.8 Å². The molecule has 136 valence electrons. The van der Waals surface area contributed by atoms with Gasteiger partial charge in [0.2, 0.25) is 5.91 Å². The van der Waals surface area contributed by atoms with Crippen LogP contribution in [-0.2, 0) is 4.79 Å². The van der Waals surface area contributed by atoms with Gasteiger partial charge in [0, 0.05) is 17.3 Å². The molecule has 26 heavy (non-hydrogen) atoms. The van der Waals surface area contributed by atoms with E-state index in [1.807, 2.05) is 6.07 Å². The highest BCUT2D eigenvalue weighted by Crippen LogP contribution is 2.25. The first-order valence-electron chi connectivity index (χ1n) is 7.90. The Hall–Kier alpha value is -2.93. The minimum absolute atomic E-state index is 0.0549. The van der Waals surface area contributed by atoms with Crippen molar-refractivity contribution in [2.24, 2.45) is 5.92 Å². The van der Waals surface area contributed by atoms with Crippen LogP contribution in [0.2, 0.25) is 5.02 Å². The third kappa shape index (κ3) is 4.80. The van der Waals surface area contributed by atoms with Gasteiger partial charge in [-0.2, -0.15) is 0 Å². The Morgan fingerprint density at radius 1 is 1.12 bits per heavy atom. The Morgan fingerprint density at radius 2 is 1.77 bits per heavy atom. The van der Waals surface area contributed by atoms with E-state index in [1.165, 1.54) is 12.1 Å². The molecule has 0 saturated heterocycles. The van der Waals surface area contributed by atoms with E-state index in [-0.39, 0.29) is 28.1 Å². The van der Waals surface area contributed by atoms with Crippen molar-refractivity contribution >= 4 is 34.8 Å². The van der Waals surface area contributed by atoms with E-state index in [0.29, 0.717) is 5.69 Å². The molecule has 2 aromatic carbocycles. The topological polar surface area (TPSA) is 101 Å². The summed E-state index contributed by atoms with van der Waals surface area (Å²) in [4.78, 5) is 35.2. The highest BCUT2D eigenvalue weighted by atomic mass is 35.5. The normalized spacial score (nSPS) is 11.7. The number of hydrogen-bond acceptors (Lipinski definition) is 4. The van der Waals surface area contributed by atoms with Crippen molar-refractivity contribution < 1.29 is 14.5 Å². The van der Waals surface area contributed by atoms with Gasteiger partial charge in [-0.15, -0.1) is 0 Å². The third-order valence-corrected chi connectivity index (χ3v) is 4.00. The average molecular weight is 376 g/mol. The Bertz CT molecular complexity index is 824. The number of amides is 2. The molecule has 0 aliphatic rings. The zero-order chi connectivity index (χ0) is 19.3. The number of benzene rings is 2. The van der Waals surface area contributed by atoms with Crippen LogP contribution < -0.4 is 10.6 Å². The molecule has 0 heterocycles. The number of nitrogens with one attached hydrogen (secondary N) is 2. The van der Waals surface area contributed by atoms with Crippen molar-refractivity contribution in [1.82, 2.24) is 5.32 Å². The minimum Gasteiger partial charge on any atom is -0.340 e. The van der Waals surface area contributed by atoms with Gasteiger partial charge < -0.3 is 10.6 Å². The van der Waals surface area contributed by atoms with Crippen molar-refractivity contribution in [3.05, 3.63) is 69.2 Å². The molecule has 0 aliphatic carbocycles. The molecule has 0 aromatic heterocycles.